The molecule has 0 aliphatic heterocycles. The summed E-state index contributed by atoms with van der Waals surface area (Å²) in [6.07, 6.45) is 0. The van der Waals surface area contributed by atoms with Gasteiger partial charge in [-0.15, -0.1) is 11.8 Å². The van der Waals surface area contributed by atoms with Crippen molar-refractivity contribution in [1.82, 2.24) is 0 Å². The highest BCUT2D eigenvalue weighted by molar-refractivity contribution is 8.01. The van der Waals surface area contributed by atoms with E-state index in [4.69, 9.17) is 4.74 Å². The third-order valence-corrected chi connectivity index (χ3v) is 3.59. The minimum absolute atomic E-state index is 0.0474. The van der Waals surface area contributed by atoms with E-state index in [9.17, 15) is 9.59 Å². The molecule has 1 rings (SSSR count). The van der Waals surface area contributed by atoms with Crippen molar-refractivity contribution in [2.24, 2.45) is 0 Å². The van der Waals surface area contributed by atoms with E-state index >= 15 is 0 Å². The van der Waals surface area contributed by atoms with Gasteiger partial charge in [0.25, 0.3) is 0 Å². The van der Waals surface area contributed by atoms with Gasteiger partial charge in [-0.05, 0) is 31.2 Å². The quantitative estimate of drug-likeness (QED) is 0.847. The SMILES string of the molecule is CCOC(=O)c1ccc(NC(=O)CSC(C)(C)C)cc1. The second-order valence-electron chi connectivity index (χ2n) is 5.25. The second-order valence-corrected chi connectivity index (χ2v) is 7.05. The van der Waals surface area contributed by atoms with Crippen molar-refractivity contribution < 1.29 is 14.3 Å². The molecule has 0 aliphatic rings. The Labute approximate surface area is 124 Å². The third kappa shape index (κ3) is 6.10. The summed E-state index contributed by atoms with van der Waals surface area (Å²) in [6, 6.07) is 6.69. The summed E-state index contributed by atoms with van der Waals surface area (Å²) in [5.74, 6) is 0.00539. The Bertz CT molecular complexity index is 463. The van der Waals surface area contributed by atoms with Crippen LogP contribution < -0.4 is 5.32 Å². The Morgan fingerprint density at radius 2 is 1.80 bits per heavy atom. The molecule has 110 valence electrons. The number of anilines is 1. The Morgan fingerprint density at radius 3 is 2.30 bits per heavy atom. The maximum atomic E-state index is 11.8. The van der Waals surface area contributed by atoms with E-state index < -0.39 is 0 Å². The molecule has 1 aromatic rings. The first-order valence-corrected chi connectivity index (χ1v) is 7.51. The summed E-state index contributed by atoms with van der Waals surface area (Å²) in [7, 11) is 0. The zero-order chi connectivity index (χ0) is 15.2. The van der Waals surface area contributed by atoms with Crippen LogP contribution in [0.1, 0.15) is 38.1 Å². The minimum Gasteiger partial charge on any atom is -0.462 e. The number of esters is 1. The number of ether oxygens (including phenoxy) is 1. The van der Waals surface area contributed by atoms with Gasteiger partial charge in [0.15, 0.2) is 0 Å². The number of benzene rings is 1. The van der Waals surface area contributed by atoms with Gasteiger partial charge < -0.3 is 10.1 Å². The summed E-state index contributed by atoms with van der Waals surface area (Å²) >= 11 is 1.59. The zero-order valence-corrected chi connectivity index (χ0v) is 13.2. The topological polar surface area (TPSA) is 55.4 Å². The highest BCUT2D eigenvalue weighted by atomic mass is 32.2. The molecule has 20 heavy (non-hydrogen) atoms. The number of nitrogens with one attached hydrogen (secondary N) is 1. The number of thioether (sulfide) groups is 1. The Hall–Kier alpha value is -1.49. The monoisotopic (exact) mass is 295 g/mol. The van der Waals surface area contributed by atoms with Crippen molar-refractivity contribution in [2.75, 3.05) is 17.7 Å². The smallest absolute Gasteiger partial charge is 0.338 e. The maximum absolute atomic E-state index is 11.8. The van der Waals surface area contributed by atoms with Crippen LogP contribution in [0.5, 0.6) is 0 Å². The van der Waals surface area contributed by atoms with Crippen LogP contribution in [0, 0.1) is 0 Å². The standard InChI is InChI=1S/C15H21NO3S/c1-5-19-14(18)11-6-8-12(9-7-11)16-13(17)10-20-15(2,3)4/h6-9H,5,10H2,1-4H3,(H,16,17). The van der Waals surface area contributed by atoms with Crippen LogP contribution in [0.2, 0.25) is 0 Å². The predicted octanol–water partition coefficient (Wildman–Crippen LogP) is 3.33. The largest absolute Gasteiger partial charge is 0.462 e. The molecule has 0 radical (unpaired) electrons. The van der Waals surface area contributed by atoms with Gasteiger partial charge in [0.2, 0.25) is 5.91 Å². The van der Waals surface area contributed by atoms with Gasteiger partial charge in [-0.25, -0.2) is 4.79 Å². The number of hydrogen-bond donors (Lipinski definition) is 1. The average molecular weight is 295 g/mol. The van der Waals surface area contributed by atoms with Crippen LogP contribution in [0.4, 0.5) is 5.69 Å². The van der Waals surface area contributed by atoms with Gasteiger partial charge in [-0.2, -0.15) is 0 Å². The van der Waals surface area contributed by atoms with Gasteiger partial charge in [0, 0.05) is 10.4 Å². The van der Waals surface area contributed by atoms with Crippen molar-refractivity contribution in [3.63, 3.8) is 0 Å². The average Bonchev–Trinajstić information content (AvgIpc) is 2.37. The van der Waals surface area contributed by atoms with E-state index in [2.05, 4.69) is 26.1 Å². The molecule has 1 N–H and O–H groups in total. The lowest BCUT2D eigenvalue weighted by atomic mass is 10.2. The highest BCUT2D eigenvalue weighted by Crippen LogP contribution is 2.23. The summed E-state index contributed by atoms with van der Waals surface area (Å²) in [4.78, 5) is 23.2. The third-order valence-electron chi connectivity index (χ3n) is 2.32. The highest BCUT2D eigenvalue weighted by Gasteiger charge is 2.13. The molecule has 0 unspecified atom stereocenters. The molecule has 0 atom stereocenters. The normalized spacial score (nSPS) is 11.0. The molecule has 4 nitrogen and oxygen atoms in total. The number of rotatable bonds is 5. The van der Waals surface area contributed by atoms with E-state index in [0.29, 0.717) is 23.6 Å². The van der Waals surface area contributed by atoms with Gasteiger partial charge in [0.1, 0.15) is 0 Å². The first-order chi connectivity index (χ1) is 9.31. The van der Waals surface area contributed by atoms with Crippen molar-refractivity contribution >= 4 is 29.3 Å². The summed E-state index contributed by atoms with van der Waals surface area (Å²) in [6.45, 7) is 8.32. The fraction of sp³-hybridized carbons (Fsp3) is 0.467. The van der Waals surface area contributed by atoms with E-state index in [1.54, 1.807) is 43.0 Å². The Balaban J connectivity index is 2.53. The van der Waals surface area contributed by atoms with Crippen molar-refractivity contribution in [1.29, 1.82) is 0 Å². The number of carbonyl (C=O) groups is 2. The fourth-order valence-corrected chi connectivity index (χ4v) is 2.02. The van der Waals surface area contributed by atoms with Crippen LogP contribution >= 0.6 is 11.8 Å². The van der Waals surface area contributed by atoms with E-state index in [0.717, 1.165) is 0 Å². The second kappa shape index (κ2) is 7.33. The van der Waals surface area contributed by atoms with E-state index in [-0.39, 0.29) is 16.6 Å². The van der Waals surface area contributed by atoms with Crippen LogP contribution in [-0.2, 0) is 9.53 Å². The van der Waals surface area contributed by atoms with Crippen molar-refractivity contribution in [3.05, 3.63) is 29.8 Å². The summed E-state index contributed by atoms with van der Waals surface area (Å²) in [5, 5.41) is 2.80. The summed E-state index contributed by atoms with van der Waals surface area (Å²) < 4.78 is 4.96. The minimum atomic E-state index is -0.353. The lowest BCUT2D eigenvalue weighted by Crippen LogP contribution is -2.18. The number of carbonyl (C=O) groups excluding carboxylic acids is 2. The van der Waals surface area contributed by atoms with E-state index in [1.165, 1.54) is 0 Å². The Kier molecular flexibility index (Phi) is 6.07. The lowest BCUT2D eigenvalue weighted by Gasteiger charge is -2.17. The van der Waals surface area contributed by atoms with Gasteiger partial charge >= 0.3 is 5.97 Å². The number of amides is 1. The van der Waals surface area contributed by atoms with Crippen LogP contribution in [-0.4, -0.2) is 29.0 Å². The molecule has 0 aromatic heterocycles. The molecule has 0 fully saturated rings. The maximum Gasteiger partial charge on any atom is 0.338 e. The first kappa shape index (κ1) is 16.6. The number of hydrogen-bond acceptors (Lipinski definition) is 4. The van der Waals surface area contributed by atoms with Gasteiger partial charge in [0.05, 0.1) is 17.9 Å². The molecule has 0 bridgehead atoms. The molecule has 0 aliphatic carbocycles. The molecule has 0 saturated carbocycles. The zero-order valence-electron chi connectivity index (χ0n) is 12.4. The van der Waals surface area contributed by atoms with Crippen LogP contribution in [0.3, 0.4) is 0 Å². The fourth-order valence-electron chi connectivity index (χ4n) is 1.38. The van der Waals surface area contributed by atoms with Crippen LogP contribution in [0.25, 0.3) is 0 Å². The molecule has 0 spiro atoms. The molecule has 5 heteroatoms. The molecular weight excluding hydrogens is 274 g/mol. The molecule has 1 amide bonds. The Morgan fingerprint density at radius 1 is 1.20 bits per heavy atom. The first-order valence-electron chi connectivity index (χ1n) is 6.53. The van der Waals surface area contributed by atoms with Gasteiger partial charge in [-0.3, -0.25) is 4.79 Å². The van der Waals surface area contributed by atoms with E-state index in [1.807, 2.05) is 0 Å². The molecule has 1 aromatic carbocycles. The molecular formula is C15H21NO3S. The predicted molar refractivity (Wildman–Crippen MR) is 83.2 cm³/mol. The molecule has 0 saturated heterocycles. The summed E-state index contributed by atoms with van der Waals surface area (Å²) in [5.41, 5.74) is 1.16. The molecule has 0 heterocycles. The van der Waals surface area contributed by atoms with Crippen molar-refractivity contribution in [3.8, 4) is 0 Å². The lowest BCUT2D eigenvalue weighted by molar-refractivity contribution is -0.113. The van der Waals surface area contributed by atoms with Crippen LogP contribution in [0.15, 0.2) is 24.3 Å². The van der Waals surface area contributed by atoms with Gasteiger partial charge in [-0.1, -0.05) is 20.8 Å². The van der Waals surface area contributed by atoms with Crippen molar-refractivity contribution in [2.45, 2.75) is 32.4 Å².